The smallest absolute Gasteiger partial charge is 0.303 e. The molecule has 1 saturated heterocycles. The van der Waals surface area contributed by atoms with Gasteiger partial charge >= 0.3 is 5.97 Å². The first kappa shape index (κ1) is 12.5. The average molecular weight is 213 g/mol. The lowest BCUT2D eigenvalue weighted by atomic mass is 9.93. The van der Waals surface area contributed by atoms with E-state index < -0.39 is 5.97 Å². The zero-order chi connectivity index (χ0) is 11.3. The van der Waals surface area contributed by atoms with E-state index in [9.17, 15) is 4.79 Å². The Morgan fingerprint density at radius 1 is 1.53 bits per heavy atom. The first-order valence-corrected chi connectivity index (χ1v) is 6.06. The number of carboxylic acid groups (broad SMARTS) is 1. The molecular weight excluding hydrogens is 190 g/mol. The molecular formula is C12H23NO2. The number of rotatable bonds is 7. The molecule has 15 heavy (non-hydrogen) atoms. The third-order valence-electron chi connectivity index (χ3n) is 3.15. The Hall–Kier alpha value is -0.570. The number of aliphatic carboxylic acids is 1. The predicted molar refractivity (Wildman–Crippen MR) is 60.9 cm³/mol. The molecule has 0 aromatic rings. The van der Waals surface area contributed by atoms with E-state index in [1.807, 2.05) is 0 Å². The van der Waals surface area contributed by atoms with E-state index in [-0.39, 0.29) is 0 Å². The third-order valence-corrected chi connectivity index (χ3v) is 3.15. The van der Waals surface area contributed by atoms with Gasteiger partial charge in [-0.05, 0) is 24.7 Å². The molecule has 1 unspecified atom stereocenters. The summed E-state index contributed by atoms with van der Waals surface area (Å²) in [6.07, 6.45) is 3.75. The normalized spacial score (nSPS) is 19.9. The highest BCUT2D eigenvalue weighted by atomic mass is 16.4. The van der Waals surface area contributed by atoms with Crippen LogP contribution in [0.3, 0.4) is 0 Å². The highest BCUT2D eigenvalue weighted by molar-refractivity contribution is 5.66. The monoisotopic (exact) mass is 213 g/mol. The molecule has 0 radical (unpaired) electrons. The fourth-order valence-electron chi connectivity index (χ4n) is 2.32. The van der Waals surface area contributed by atoms with Crippen molar-refractivity contribution in [2.75, 3.05) is 19.6 Å². The highest BCUT2D eigenvalue weighted by Gasteiger charge is 2.26. The van der Waals surface area contributed by atoms with Gasteiger partial charge in [-0.1, -0.05) is 20.3 Å². The third kappa shape index (κ3) is 4.65. The Bertz CT molecular complexity index is 200. The molecule has 0 bridgehead atoms. The Balaban J connectivity index is 2.03. The molecule has 0 aliphatic carbocycles. The lowest BCUT2D eigenvalue weighted by molar-refractivity contribution is -0.137. The molecule has 0 saturated carbocycles. The molecule has 1 aliphatic heterocycles. The summed E-state index contributed by atoms with van der Waals surface area (Å²) < 4.78 is 0. The summed E-state index contributed by atoms with van der Waals surface area (Å²) >= 11 is 0. The van der Waals surface area contributed by atoms with Crippen LogP contribution < -0.4 is 0 Å². The number of hydrogen-bond donors (Lipinski definition) is 1. The van der Waals surface area contributed by atoms with Crippen LogP contribution in [0, 0.1) is 11.8 Å². The predicted octanol–water partition coefficient (Wildman–Crippen LogP) is 2.22. The van der Waals surface area contributed by atoms with Crippen LogP contribution >= 0.6 is 0 Å². The highest BCUT2D eigenvalue weighted by Crippen LogP contribution is 2.22. The van der Waals surface area contributed by atoms with Crippen molar-refractivity contribution >= 4 is 5.97 Å². The van der Waals surface area contributed by atoms with Gasteiger partial charge in [-0.25, -0.2) is 0 Å². The molecule has 1 atom stereocenters. The lowest BCUT2D eigenvalue weighted by Crippen LogP contribution is -2.48. The number of hydrogen-bond acceptors (Lipinski definition) is 2. The van der Waals surface area contributed by atoms with Crippen LogP contribution in [0.5, 0.6) is 0 Å². The minimum Gasteiger partial charge on any atom is -0.481 e. The number of likely N-dealkylation sites (tertiary alicyclic amines) is 1. The minimum atomic E-state index is -0.672. The Morgan fingerprint density at radius 3 is 2.73 bits per heavy atom. The maximum atomic E-state index is 10.4. The van der Waals surface area contributed by atoms with Crippen molar-refractivity contribution in [2.24, 2.45) is 11.8 Å². The Morgan fingerprint density at radius 2 is 2.20 bits per heavy atom. The van der Waals surface area contributed by atoms with Crippen LogP contribution in [0.4, 0.5) is 0 Å². The molecule has 0 aromatic heterocycles. The largest absolute Gasteiger partial charge is 0.481 e. The van der Waals surface area contributed by atoms with Gasteiger partial charge in [-0.2, -0.15) is 0 Å². The first-order valence-electron chi connectivity index (χ1n) is 6.06. The van der Waals surface area contributed by atoms with E-state index in [0.29, 0.717) is 12.3 Å². The summed E-state index contributed by atoms with van der Waals surface area (Å²) in [4.78, 5) is 12.8. The van der Waals surface area contributed by atoms with Gasteiger partial charge < -0.3 is 10.0 Å². The van der Waals surface area contributed by atoms with Gasteiger partial charge in [0.2, 0.25) is 0 Å². The summed E-state index contributed by atoms with van der Waals surface area (Å²) in [6, 6.07) is 0. The molecule has 3 heteroatoms. The van der Waals surface area contributed by atoms with Crippen molar-refractivity contribution in [3.63, 3.8) is 0 Å². The molecule has 1 N–H and O–H groups in total. The van der Waals surface area contributed by atoms with Crippen molar-refractivity contribution in [1.82, 2.24) is 4.90 Å². The zero-order valence-corrected chi connectivity index (χ0v) is 9.91. The summed E-state index contributed by atoms with van der Waals surface area (Å²) in [5.41, 5.74) is 0. The van der Waals surface area contributed by atoms with Crippen LogP contribution in [0.15, 0.2) is 0 Å². The van der Waals surface area contributed by atoms with Gasteiger partial charge in [0, 0.05) is 26.1 Å². The van der Waals surface area contributed by atoms with Crippen LogP contribution in [-0.4, -0.2) is 35.6 Å². The number of carbonyl (C=O) groups is 1. The van der Waals surface area contributed by atoms with Crippen molar-refractivity contribution in [3.05, 3.63) is 0 Å². The topological polar surface area (TPSA) is 40.5 Å². The van der Waals surface area contributed by atoms with Gasteiger partial charge in [0.25, 0.3) is 0 Å². The van der Waals surface area contributed by atoms with E-state index in [2.05, 4.69) is 18.7 Å². The van der Waals surface area contributed by atoms with Crippen LogP contribution in [-0.2, 0) is 4.79 Å². The zero-order valence-electron chi connectivity index (χ0n) is 9.91. The molecule has 0 amide bonds. The molecule has 0 spiro atoms. The van der Waals surface area contributed by atoms with E-state index in [1.165, 1.54) is 25.9 Å². The van der Waals surface area contributed by atoms with Crippen LogP contribution in [0.2, 0.25) is 0 Å². The molecule has 88 valence electrons. The Kier molecular flexibility index (Phi) is 5.09. The summed E-state index contributed by atoms with van der Waals surface area (Å²) in [5, 5.41) is 8.57. The van der Waals surface area contributed by atoms with E-state index in [1.54, 1.807) is 0 Å². The Labute approximate surface area is 92.5 Å². The van der Waals surface area contributed by atoms with Crippen LogP contribution in [0.1, 0.15) is 39.5 Å². The summed E-state index contributed by atoms with van der Waals surface area (Å²) in [7, 11) is 0. The minimum absolute atomic E-state index is 0.313. The molecule has 1 fully saturated rings. The second kappa shape index (κ2) is 6.11. The summed E-state index contributed by atoms with van der Waals surface area (Å²) in [5.74, 6) is 0.750. The van der Waals surface area contributed by atoms with Gasteiger partial charge in [-0.15, -0.1) is 0 Å². The molecule has 1 heterocycles. The SMILES string of the molecule is CCCC1CN(CC(C)CCC(=O)O)C1. The summed E-state index contributed by atoms with van der Waals surface area (Å²) in [6.45, 7) is 7.91. The average Bonchev–Trinajstić information content (AvgIpc) is 2.11. The molecule has 1 aliphatic rings. The molecule has 3 nitrogen and oxygen atoms in total. The lowest BCUT2D eigenvalue weighted by Gasteiger charge is -2.40. The number of carboxylic acids is 1. The molecule has 0 aromatic carbocycles. The van der Waals surface area contributed by atoms with Crippen molar-refractivity contribution in [3.8, 4) is 0 Å². The van der Waals surface area contributed by atoms with E-state index >= 15 is 0 Å². The quantitative estimate of drug-likeness (QED) is 0.705. The van der Waals surface area contributed by atoms with Crippen molar-refractivity contribution in [1.29, 1.82) is 0 Å². The van der Waals surface area contributed by atoms with Gasteiger partial charge in [0.1, 0.15) is 0 Å². The first-order chi connectivity index (χ1) is 7.11. The second-order valence-corrected chi connectivity index (χ2v) is 4.91. The maximum absolute atomic E-state index is 10.4. The molecule has 1 rings (SSSR count). The van der Waals surface area contributed by atoms with Crippen LogP contribution in [0.25, 0.3) is 0 Å². The standard InChI is InChI=1S/C12H23NO2/c1-3-4-11-8-13(9-11)7-10(2)5-6-12(14)15/h10-11H,3-9H2,1-2H3,(H,14,15). The van der Waals surface area contributed by atoms with Crippen molar-refractivity contribution in [2.45, 2.75) is 39.5 Å². The van der Waals surface area contributed by atoms with E-state index in [4.69, 9.17) is 5.11 Å². The van der Waals surface area contributed by atoms with E-state index in [0.717, 1.165) is 18.9 Å². The fourth-order valence-corrected chi connectivity index (χ4v) is 2.32. The van der Waals surface area contributed by atoms with Gasteiger partial charge in [0.15, 0.2) is 0 Å². The van der Waals surface area contributed by atoms with Gasteiger partial charge in [-0.3, -0.25) is 4.79 Å². The maximum Gasteiger partial charge on any atom is 0.303 e. The number of nitrogens with zero attached hydrogens (tertiary/aromatic N) is 1. The fraction of sp³-hybridized carbons (Fsp3) is 0.917. The van der Waals surface area contributed by atoms with Gasteiger partial charge in [0.05, 0.1) is 0 Å². The van der Waals surface area contributed by atoms with Crippen molar-refractivity contribution < 1.29 is 9.90 Å². The second-order valence-electron chi connectivity index (χ2n) is 4.91.